The summed E-state index contributed by atoms with van der Waals surface area (Å²) in [4.78, 5) is 25.8. The zero-order chi connectivity index (χ0) is 30.0. The van der Waals surface area contributed by atoms with Crippen LogP contribution >= 0.6 is 0 Å². The van der Waals surface area contributed by atoms with Crippen molar-refractivity contribution in [1.82, 2.24) is 19.4 Å². The fourth-order valence-electron chi connectivity index (χ4n) is 5.56. The van der Waals surface area contributed by atoms with Crippen molar-refractivity contribution in [3.05, 3.63) is 82.9 Å². The monoisotopic (exact) mass is 595 g/mol. The molecule has 9 nitrogen and oxygen atoms in total. The number of nitrogens with zero attached hydrogens (tertiary/aromatic N) is 5. The Morgan fingerprint density at radius 2 is 1.89 bits per heavy atom. The van der Waals surface area contributed by atoms with Crippen LogP contribution in [0.25, 0.3) is 11.0 Å². The number of carboxylic acid groups (broad SMARTS) is 1. The number of hydrogen-bond acceptors (Lipinski definition) is 7. The largest absolute Gasteiger partial charge is 0.478 e. The first-order chi connectivity index (χ1) is 21.5. The molecule has 0 spiro atoms. The number of hydrogen-bond donors (Lipinski definition) is 1. The fourth-order valence-corrected chi connectivity index (χ4v) is 5.56. The third-order valence-electron chi connectivity index (χ3n) is 8.45. The molecule has 3 aliphatic rings. The van der Waals surface area contributed by atoms with E-state index in [2.05, 4.69) is 26.2 Å². The van der Waals surface area contributed by atoms with Gasteiger partial charge in [-0.15, -0.1) is 0 Å². The fraction of sp³-hybridized carbons (Fsp3) is 0.382. The molecule has 0 amide bonds. The van der Waals surface area contributed by atoms with Gasteiger partial charge in [-0.25, -0.2) is 14.2 Å². The number of halogens is 1. The SMILES string of the molecule is O=C(O)c1ccc2nc(CN3CCN(c4cccc(OCc5ccc(C#CC6CC6)cc5F)n4)CC3)n(C[C@@H]3CCO3)c2c1. The number of ether oxygens (including phenoxy) is 2. The van der Waals surface area contributed by atoms with E-state index < -0.39 is 5.97 Å². The second-order valence-corrected chi connectivity index (χ2v) is 11.7. The molecule has 0 radical (unpaired) electrons. The lowest BCUT2D eigenvalue weighted by atomic mass is 10.1. The minimum absolute atomic E-state index is 0.0905. The standard InChI is InChI=1S/C34H34FN5O4/c35-28-18-24(7-6-23-4-5-23)8-9-26(28)22-44-33-3-1-2-31(37-33)39-15-13-38(14-16-39)21-32-36-29-11-10-25(34(41)42)19-30(29)40(32)20-27-12-17-43-27/h1-3,8-11,18-19,23,27H,4-5,12-17,20-22H2,(H,41,42)/t27-/m0/s1. The molecule has 2 aromatic carbocycles. The van der Waals surface area contributed by atoms with Crippen LogP contribution in [0.4, 0.5) is 10.2 Å². The minimum Gasteiger partial charge on any atom is -0.478 e. The lowest BCUT2D eigenvalue weighted by Crippen LogP contribution is -2.46. The normalized spacial score (nSPS) is 18.5. The van der Waals surface area contributed by atoms with E-state index in [4.69, 9.17) is 19.4 Å². The summed E-state index contributed by atoms with van der Waals surface area (Å²) in [6, 6.07) is 15.8. The van der Waals surface area contributed by atoms with Gasteiger partial charge in [-0.3, -0.25) is 4.90 Å². The highest BCUT2D eigenvalue weighted by Gasteiger charge is 2.25. The third-order valence-corrected chi connectivity index (χ3v) is 8.45. The van der Waals surface area contributed by atoms with Gasteiger partial charge in [0.1, 0.15) is 24.1 Å². The highest BCUT2D eigenvalue weighted by molar-refractivity contribution is 5.92. The van der Waals surface area contributed by atoms with E-state index in [0.717, 1.165) is 74.7 Å². The van der Waals surface area contributed by atoms with Crippen molar-refractivity contribution < 1.29 is 23.8 Å². The quantitative estimate of drug-likeness (QED) is 0.278. The molecule has 10 heteroatoms. The third kappa shape index (κ3) is 6.39. The molecular weight excluding hydrogens is 561 g/mol. The van der Waals surface area contributed by atoms with Gasteiger partial charge in [0.15, 0.2) is 0 Å². The summed E-state index contributed by atoms with van der Waals surface area (Å²) in [5.41, 5.74) is 3.03. The summed E-state index contributed by atoms with van der Waals surface area (Å²) in [5, 5.41) is 9.51. The molecule has 3 fully saturated rings. The van der Waals surface area contributed by atoms with Crippen LogP contribution in [0, 0.1) is 23.6 Å². The van der Waals surface area contributed by atoms with Gasteiger partial charge in [0.05, 0.1) is 35.8 Å². The van der Waals surface area contributed by atoms with Crippen molar-refractivity contribution in [2.45, 2.75) is 45.1 Å². The average Bonchev–Trinajstić information content (AvgIpc) is 3.78. The number of carbonyl (C=O) groups is 1. The van der Waals surface area contributed by atoms with Gasteiger partial charge < -0.3 is 24.0 Å². The second kappa shape index (κ2) is 12.3. The summed E-state index contributed by atoms with van der Waals surface area (Å²) in [6.45, 7) is 5.36. The molecule has 226 valence electrons. The predicted octanol–water partition coefficient (Wildman–Crippen LogP) is 4.72. The number of aromatic carboxylic acids is 1. The van der Waals surface area contributed by atoms with Crippen LogP contribution in [0.1, 0.15) is 46.6 Å². The molecule has 7 rings (SSSR count). The molecule has 0 unspecified atom stereocenters. The van der Waals surface area contributed by atoms with E-state index >= 15 is 0 Å². The zero-order valence-corrected chi connectivity index (χ0v) is 24.4. The maximum absolute atomic E-state index is 14.7. The van der Waals surface area contributed by atoms with E-state index in [1.54, 1.807) is 30.3 Å². The van der Waals surface area contributed by atoms with Crippen LogP contribution < -0.4 is 9.64 Å². The van der Waals surface area contributed by atoms with Gasteiger partial charge in [0.25, 0.3) is 0 Å². The number of piperazine rings is 1. The summed E-state index contributed by atoms with van der Waals surface area (Å²) in [7, 11) is 0. The van der Waals surface area contributed by atoms with Gasteiger partial charge in [-0.05, 0) is 55.7 Å². The van der Waals surface area contributed by atoms with Gasteiger partial charge >= 0.3 is 5.97 Å². The van der Waals surface area contributed by atoms with Crippen LogP contribution in [0.2, 0.25) is 0 Å². The molecule has 4 heterocycles. The number of rotatable bonds is 9. The predicted molar refractivity (Wildman–Crippen MR) is 163 cm³/mol. The maximum Gasteiger partial charge on any atom is 0.335 e. The Balaban J connectivity index is 0.975. The number of fused-ring (bicyclic) bond motifs is 1. The van der Waals surface area contributed by atoms with E-state index in [9.17, 15) is 14.3 Å². The first-order valence-electron chi connectivity index (χ1n) is 15.2. The van der Waals surface area contributed by atoms with Crippen molar-refractivity contribution in [3.8, 4) is 17.7 Å². The summed E-state index contributed by atoms with van der Waals surface area (Å²) in [6.07, 6.45) is 3.39. The van der Waals surface area contributed by atoms with E-state index in [0.29, 0.717) is 36.0 Å². The molecule has 2 aromatic heterocycles. The van der Waals surface area contributed by atoms with E-state index in [1.165, 1.54) is 6.07 Å². The highest BCUT2D eigenvalue weighted by atomic mass is 19.1. The Kier molecular flexibility index (Phi) is 7.90. The molecule has 1 atom stereocenters. The molecule has 2 saturated heterocycles. The molecular formula is C34H34FN5O4. The van der Waals surface area contributed by atoms with Crippen LogP contribution in [-0.2, 0) is 24.4 Å². The van der Waals surface area contributed by atoms with Gasteiger partial charge in [0, 0.05) is 55.9 Å². The van der Waals surface area contributed by atoms with Crippen LogP contribution in [0.15, 0.2) is 54.6 Å². The number of carboxylic acids is 1. The first-order valence-corrected chi connectivity index (χ1v) is 15.2. The topological polar surface area (TPSA) is 93.0 Å². The van der Waals surface area contributed by atoms with Gasteiger partial charge in [-0.1, -0.05) is 24.0 Å². The summed E-state index contributed by atoms with van der Waals surface area (Å²) >= 11 is 0. The second-order valence-electron chi connectivity index (χ2n) is 11.7. The van der Waals surface area contributed by atoms with Crippen molar-refractivity contribution in [3.63, 3.8) is 0 Å². The Hall–Kier alpha value is -4.46. The molecule has 2 aliphatic heterocycles. The van der Waals surface area contributed by atoms with Crippen LogP contribution in [0.5, 0.6) is 5.88 Å². The Labute approximate surface area is 255 Å². The van der Waals surface area contributed by atoms with Crippen molar-refractivity contribution >= 4 is 22.8 Å². The van der Waals surface area contributed by atoms with Crippen molar-refractivity contribution in [2.75, 3.05) is 37.7 Å². The number of imidazole rings is 1. The van der Waals surface area contributed by atoms with Crippen LogP contribution in [-0.4, -0.2) is 69.4 Å². The molecule has 44 heavy (non-hydrogen) atoms. The summed E-state index contributed by atoms with van der Waals surface area (Å²) < 4.78 is 28.4. The molecule has 1 saturated carbocycles. The summed E-state index contributed by atoms with van der Waals surface area (Å²) in [5.74, 6) is 7.60. The number of pyridine rings is 1. The van der Waals surface area contributed by atoms with Gasteiger partial charge in [0.2, 0.25) is 5.88 Å². The zero-order valence-electron chi connectivity index (χ0n) is 24.4. The average molecular weight is 596 g/mol. The molecule has 0 bridgehead atoms. The molecule has 4 aromatic rings. The van der Waals surface area contributed by atoms with Crippen molar-refractivity contribution in [1.29, 1.82) is 0 Å². The van der Waals surface area contributed by atoms with E-state index in [1.807, 2.05) is 18.2 Å². The van der Waals surface area contributed by atoms with E-state index in [-0.39, 0.29) is 24.1 Å². The maximum atomic E-state index is 14.7. The molecule has 1 N–H and O–H groups in total. The smallest absolute Gasteiger partial charge is 0.335 e. The number of aromatic nitrogens is 3. The van der Waals surface area contributed by atoms with Crippen LogP contribution in [0.3, 0.4) is 0 Å². The Morgan fingerprint density at radius 3 is 2.61 bits per heavy atom. The van der Waals surface area contributed by atoms with Crippen molar-refractivity contribution in [2.24, 2.45) is 5.92 Å². The van der Waals surface area contributed by atoms with Gasteiger partial charge in [-0.2, -0.15) is 4.98 Å². The lowest BCUT2D eigenvalue weighted by Gasteiger charge is -2.35. The first kappa shape index (κ1) is 28.3. The Bertz CT molecular complexity index is 1750. The number of anilines is 1. The number of benzene rings is 2. The minimum atomic E-state index is -0.948. The Morgan fingerprint density at radius 1 is 1.05 bits per heavy atom. The molecule has 1 aliphatic carbocycles. The highest BCUT2D eigenvalue weighted by Crippen LogP contribution is 2.28. The lowest BCUT2D eigenvalue weighted by molar-refractivity contribution is -0.0592.